The Hall–Kier alpha value is -2.67. The van der Waals surface area contributed by atoms with E-state index in [1.807, 2.05) is 13.8 Å². The van der Waals surface area contributed by atoms with Gasteiger partial charge in [0.15, 0.2) is 0 Å². The maximum atomic E-state index is 12.7. The topological polar surface area (TPSA) is 84.2 Å². The van der Waals surface area contributed by atoms with Crippen LogP contribution >= 0.6 is 11.3 Å². The number of phenols is 1. The normalized spacial score (nSPS) is 12.3. The van der Waals surface area contributed by atoms with Gasteiger partial charge in [0.25, 0.3) is 5.56 Å². The Morgan fingerprint density at radius 3 is 2.62 bits per heavy atom. The lowest BCUT2D eigenvalue weighted by molar-refractivity contribution is -0.118. The Bertz CT molecular complexity index is 973. The summed E-state index contributed by atoms with van der Waals surface area (Å²) in [5.74, 6) is -0.205. The van der Waals surface area contributed by atoms with Crippen LogP contribution in [-0.2, 0) is 4.79 Å². The minimum Gasteiger partial charge on any atom is -0.508 e. The fourth-order valence-electron chi connectivity index (χ4n) is 2.44. The molecule has 1 amide bonds. The molecule has 24 heavy (non-hydrogen) atoms. The number of fused-ring (bicyclic) bond motifs is 1. The first kappa shape index (κ1) is 16.2. The number of hydrogen-bond acceptors (Lipinski definition) is 5. The van der Waals surface area contributed by atoms with E-state index >= 15 is 0 Å². The van der Waals surface area contributed by atoms with Crippen LogP contribution in [0.25, 0.3) is 10.2 Å². The van der Waals surface area contributed by atoms with Crippen molar-refractivity contribution in [1.82, 2.24) is 9.55 Å². The van der Waals surface area contributed by atoms with E-state index in [-0.39, 0.29) is 17.2 Å². The molecule has 0 aliphatic carbocycles. The first-order chi connectivity index (χ1) is 11.4. The predicted molar refractivity (Wildman–Crippen MR) is 94.8 cm³/mol. The molecule has 0 spiro atoms. The van der Waals surface area contributed by atoms with Gasteiger partial charge in [-0.05, 0) is 50.6 Å². The maximum absolute atomic E-state index is 12.7. The van der Waals surface area contributed by atoms with Crippen molar-refractivity contribution in [3.05, 3.63) is 51.4 Å². The fourth-order valence-corrected chi connectivity index (χ4v) is 3.43. The first-order valence-corrected chi connectivity index (χ1v) is 8.27. The van der Waals surface area contributed by atoms with E-state index in [9.17, 15) is 14.7 Å². The van der Waals surface area contributed by atoms with Crippen LogP contribution in [0.5, 0.6) is 5.75 Å². The number of nitrogens with one attached hydrogen (secondary N) is 1. The summed E-state index contributed by atoms with van der Waals surface area (Å²) in [5.41, 5.74) is 1.25. The van der Waals surface area contributed by atoms with Gasteiger partial charge in [-0.3, -0.25) is 14.2 Å². The number of aromatic hydroxyl groups is 1. The molecule has 2 N–H and O–H groups in total. The Kier molecular flexibility index (Phi) is 4.11. The first-order valence-electron chi connectivity index (χ1n) is 7.45. The van der Waals surface area contributed by atoms with Crippen molar-refractivity contribution in [3.63, 3.8) is 0 Å². The maximum Gasteiger partial charge on any atom is 0.263 e. The molecular weight excluding hydrogens is 326 g/mol. The highest BCUT2D eigenvalue weighted by molar-refractivity contribution is 7.18. The number of phenolic OH excluding ortho intramolecular Hbond substituents is 1. The van der Waals surface area contributed by atoms with Gasteiger partial charge in [0.05, 0.1) is 11.7 Å². The van der Waals surface area contributed by atoms with Crippen molar-refractivity contribution < 1.29 is 9.90 Å². The Morgan fingerprint density at radius 2 is 1.96 bits per heavy atom. The Labute approximate surface area is 142 Å². The van der Waals surface area contributed by atoms with Gasteiger partial charge in [0.1, 0.15) is 16.6 Å². The van der Waals surface area contributed by atoms with Gasteiger partial charge >= 0.3 is 0 Å². The molecule has 6 nitrogen and oxygen atoms in total. The summed E-state index contributed by atoms with van der Waals surface area (Å²) in [6, 6.07) is 5.45. The number of amides is 1. The van der Waals surface area contributed by atoms with Gasteiger partial charge in [0.2, 0.25) is 5.91 Å². The van der Waals surface area contributed by atoms with Crippen molar-refractivity contribution in [2.24, 2.45) is 0 Å². The van der Waals surface area contributed by atoms with Crippen molar-refractivity contribution in [2.75, 3.05) is 5.32 Å². The van der Waals surface area contributed by atoms with Crippen LogP contribution in [0.2, 0.25) is 0 Å². The van der Waals surface area contributed by atoms with Crippen LogP contribution in [0.3, 0.4) is 0 Å². The van der Waals surface area contributed by atoms with Crippen LogP contribution in [-0.4, -0.2) is 20.6 Å². The summed E-state index contributed by atoms with van der Waals surface area (Å²) in [6.07, 6.45) is 1.42. The minimum absolute atomic E-state index is 0.121. The van der Waals surface area contributed by atoms with Gasteiger partial charge in [-0.15, -0.1) is 11.3 Å². The van der Waals surface area contributed by atoms with Crippen molar-refractivity contribution >= 4 is 33.1 Å². The summed E-state index contributed by atoms with van der Waals surface area (Å²) < 4.78 is 1.34. The highest BCUT2D eigenvalue weighted by Gasteiger charge is 2.20. The van der Waals surface area contributed by atoms with Gasteiger partial charge in [-0.2, -0.15) is 0 Å². The van der Waals surface area contributed by atoms with Crippen molar-refractivity contribution in [3.8, 4) is 5.75 Å². The molecule has 0 saturated carbocycles. The van der Waals surface area contributed by atoms with E-state index < -0.39 is 6.04 Å². The van der Waals surface area contributed by atoms with E-state index in [0.717, 1.165) is 10.4 Å². The third-order valence-corrected chi connectivity index (χ3v) is 5.16. The molecule has 0 aliphatic rings. The Morgan fingerprint density at radius 1 is 1.29 bits per heavy atom. The second-order valence-electron chi connectivity index (χ2n) is 5.63. The van der Waals surface area contributed by atoms with E-state index in [1.54, 1.807) is 19.1 Å². The molecule has 2 heterocycles. The summed E-state index contributed by atoms with van der Waals surface area (Å²) in [5, 5.41) is 12.6. The van der Waals surface area contributed by atoms with E-state index in [1.165, 1.54) is 34.4 Å². The van der Waals surface area contributed by atoms with Gasteiger partial charge in [-0.25, -0.2) is 4.98 Å². The van der Waals surface area contributed by atoms with Gasteiger partial charge in [-0.1, -0.05) is 0 Å². The zero-order valence-electron chi connectivity index (χ0n) is 13.5. The molecule has 7 heteroatoms. The number of rotatable bonds is 3. The standard InChI is InChI=1S/C17H17N3O3S/c1-9-11(3)24-16-14(9)17(23)20(8-18-16)10(2)15(22)19-12-4-6-13(21)7-5-12/h4-8,10,21H,1-3H3,(H,19,22). The van der Waals surface area contributed by atoms with Crippen molar-refractivity contribution in [2.45, 2.75) is 26.8 Å². The minimum atomic E-state index is -0.706. The summed E-state index contributed by atoms with van der Waals surface area (Å²) >= 11 is 1.48. The number of thiophene rings is 1. The molecule has 0 fully saturated rings. The van der Waals surface area contributed by atoms with Crippen molar-refractivity contribution in [1.29, 1.82) is 0 Å². The van der Waals surface area contributed by atoms with Crippen LogP contribution in [0, 0.1) is 13.8 Å². The zero-order valence-corrected chi connectivity index (χ0v) is 14.3. The molecule has 0 aliphatic heterocycles. The lowest BCUT2D eigenvalue weighted by Gasteiger charge is -2.15. The third-order valence-electron chi connectivity index (χ3n) is 4.05. The number of carbonyl (C=O) groups excluding carboxylic acids is 1. The molecule has 0 radical (unpaired) electrons. The number of anilines is 1. The van der Waals surface area contributed by atoms with E-state index in [0.29, 0.717) is 15.9 Å². The van der Waals surface area contributed by atoms with Gasteiger partial charge in [0, 0.05) is 10.6 Å². The number of nitrogens with zero attached hydrogens (tertiary/aromatic N) is 2. The molecule has 124 valence electrons. The van der Waals surface area contributed by atoms with E-state index in [2.05, 4.69) is 10.3 Å². The molecule has 1 unspecified atom stereocenters. The highest BCUT2D eigenvalue weighted by Crippen LogP contribution is 2.26. The Balaban J connectivity index is 1.93. The highest BCUT2D eigenvalue weighted by atomic mass is 32.1. The molecule has 1 atom stereocenters. The van der Waals surface area contributed by atoms with Gasteiger partial charge < -0.3 is 10.4 Å². The number of aromatic nitrogens is 2. The number of hydrogen-bond donors (Lipinski definition) is 2. The average molecular weight is 343 g/mol. The lowest BCUT2D eigenvalue weighted by atomic mass is 10.2. The quantitative estimate of drug-likeness (QED) is 0.716. The monoisotopic (exact) mass is 343 g/mol. The molecule has 1 aromatic carbocycles. The molecule has 3 rings (SSSR count). The summed E-state index contributed by atoms with van der Waals surface area (Å²) in [7, 11) is 0. The number of aryl methyl sites for hydroxylation is 2. The smallest absolute Gasteiger partial charge is 0.263 e. The SMILES string of the molecule is Cc1sc2ncn(C(C)C(=O)Nc3ccc(O)cc3)c(=O)c2c1C. The molecule has 0 saturated heterocycles. The summed E-state index contributed by atoms with van der Waals surface area (Å²) in [4.78, 5) is 31.2. The average Bonchev–Trinajstić information content (AvgIpc) is 2.85. The molecule has 0 bridgehead atoms. The van der Waals surface area contributed by atoms with Crippen LogP contribution in [0.4, 0.5) is 5.69 Å². The van der Waals surface area contributed by atoms with Crippen LogP contribution < -0.4 is 10.9 Å². The van der Waals surface area contributed by atoms with E-state index in [4.69, 9.17) is 0 Å². The molecule has 2 aromatic heterocycles. The second kappa shape index (κ2) is 6.09. The van der Waals surface area contributed by atoms with Crippen LogP contribution in [0.15, 0.2) is 35.4 Å². The van der Waals surface area contributed by atoms with Crippen LogP contribution in [0.1, 0.15) is 23.4 Å². The lowest BCUT2D eigenvalue weighted by Crippen LogP contribution is -2.31. The fraction of sp³-hybridized carbons (Fsp3) is 0.235. The predicted octanol–water partition coefficient (Wildman–Crippen LogP) is 2.98. The summed E-state index contributed by atoms with van der Waals surface area (Å²) in [6.45, 7) is 5.49. The largest absolute Gasteiger partial charge is 0.508 e. The number of benzene rings is 1. The molecular formula is C17H17N3O3S. The zero-order chi connectivity index (χ0) is 17.4. The number of carbonyl (C=O) groups is 1. The third kappa shape index (κ3) is 2.78. The molecule has 3 aromatic rings. The second-order valence-corrected chi connectivity index (χ2v) is 6.84.